The number of hydrogen-bond donors (Lipinski definition) is 2. The van der Waals surface area contributed by atoms with E-state index < -0.39 is 0 Å². The van der Waals surface area contributed by atoms with Crippen molar-refractivity contribution < 1.29 is 9.59 Å². The highest BCUT2D eigenvalue weighted by Gasteiger charge is 2.15. The molecule has 0 spiro atoms. The standard InChI is InChI=1S/C15H16N4O2S/c1-10(22-15-16-8-3-9-17-15)14(21)19-13-6-4-12(5-7-13)18-11(2)20/h3-10H,1-2H3,(H,18,20)(H,19,21)/t10-/m0/s1. The molecule has 0 fully saturated rings. The maximum absolute atomic E-state index is 12.1. The van der Waals surface area contributed by atoms with Gasteiger partial charge in [0, 0.05) is 30.7 Å². The molecule has 0 radical (unpaired) electrons. The molecule has 2 N–H and O–H groups in total. The van der Waals surface area contributed by atoms with Crippen molar-refractivity contribution >= 4 is 35.0 Å². The van der Waals surface area contributed by atoms with Crippen molar-refractivity contribution in [1.29, 1.82) is 0 Å². The fraction of sp³-hybridized carbons (Fsp3) is 0.200. The molecule has 1 aromatic carbocycles. The number of hydrogen-bond acceptors (Lipinski definition) is 5. The number of thioether (sulfide) groups is 1. The molecular weight excluding hydrogens is 300 g/mol. The summed E-state index contributed by atoms with van der Waals surface area (Å²) in [7, 11) is 0. The Hall–Kier alpha value is -2.41. The molecule has 0 aliphatic carbocycles. The highest BCUT2D eigenvalue weighted by molar-refractivity contribution is 8.00. The Kier molecular flexibility index (Phi) is 5.48. The van der Waals surface area contributed by atoms with Gasteiger partial charge in [0.1, 0.15) is 0 Å². The van der Waals surface area contributed by atoms with Gasteiger partial charge in [0.05, 0.1) is 5.25 Å². The number of anilines is 2. The monoisotopic (exact) mass is 316 g/mol. The lowest BCUT2D eigenvalue weighted by Crippen LogP contribution is -2.22. The number of nitrogens with one attached hydrogen (secondary N) is 2. The maximum atomic E-state index is 12.1. The van der Waals surface area contributed by atoms with Crippen LogP contribution in [0, 0.1) is 0 Å². The van der Waals surface area contributed by atoms with Crippen LogP contribution in [-0.2, 0) is 9.59 Å². The zero-order valence-corrected chi connectivity index (χ0v) is 13.1. The van der Waals surface area contributed by atoms with Gasteiger partial charge in [0.2, 0.25) is 11.8 Å². The molecule has 2 amide bonds. The predicted molar refractivity (Wildman–Crippen MR) is 86.7 cm³/mol. The summed E-state index contributed by atoms with van der Waals surface area (Å²) in [6.07, 6.45) is 3.28. The number of benzene rings is 1. The van der Waals surface area contributed by atoms with Gasteiger partial charge in [0.15, 0.2) is 5.16 Å². The lowest BCUT2D eigenvalue weighted by molar-refractivity contribution is -0.115. The van der Waals surface area contributed by atoms with Crippen LogP contribution in [0.2, 0.25) is 0 Å². The van der Waals surface area contributed by atoms with Gasteiger partial charge in [-0.1, -0.05) is 11.8 Å². The van der Waals surface area contributed by atoms with E-state index in [9.17, 15) is 9.59 Å². The molecule has 1 atom stereocenters. The van der Waals surface area contributed by atoms with Crippen LogP contribution in [-0.4, -0.2) is 27.0 Å². The normalized spacial score (nSPS) is 11.5. The molecule has 1 heterocycles. The van der Waals surface area contributed by atoms with Gasteiger partial charge >= 0.3 is 0 Å². The van der Waals surface area contributed by atoms with Gasteiger partial charge < -0.3 is 10.6 Å². The average molecular weight is 316 g/mol. The Balaban J connectivity index is 1.92. The number of carbonyl (C=O) groups is 2. The topological polar surface area (TPSA) is 84.0 Å². The predicted octanol–water partition coefficient (Wildman–Crippen LogP) is 2.55. The van der Waals surface area contributed by atoms with Crippen molar-refractivity contribution in [2.75, 3.05) is 10.6 Å². The zero-order chi connectivity index (χ0) is 15.9. The summed E-state index contributed by atoms with van der Waals surface area (Å²) < 4.78 is 0. The smallest absolute Gasteiger partial charge is 0.237 e. The molecule has 0 saturated carbocycles. The molecule has 114 valence electrons. The Morgan fingerprint density at radius 2 is 1.59 bits per heavy atom. The summed E-state index contributed by atoms with van der Waals surface area (Å²) in [5.74, 6) is -0.269. The van der Waals surface area contributed by atoms with E-state index in [1.54, 1.807) is 49.6 Å². The second-order valence-electron chi connectivity index (χ2n) is 4.54. The van der Waals surface area contributed by atoms with Crippen LogP contribution in [0.4, 0.5) is 11.4 Å². The largest absolute Gasteiger partial charge is 0.326 e. The third-order valence-corrected chi connectivity index (χ3v) is 3.66. The second-order valence-corrected chi connectivity index (χ2v) is 5.85. The third kappa shape index (κ3) is 4.85. The third-order valence-electron chi connectivity index (χ3n) is 2.67. The second kappa shape index (κ2) is 7.56. The van der Waals surface area contributed by atoms with Crippen LogP contribution in [0.25, 0.3) is 0 Å². The summed E-state index contributed by atoms with van der Waals surface area (Å²) in [5.41, 5.74) is 1.35. The lowest BCUT2D eigenvalue weighted by Gasteiger charge is -2.11. The lowest BCUT2D eigenvalue weighted by atomic mass is 10.2. The molecule has 0 unspecified atom stereocenters. The summed E-state index contributed by atoms with van der Waals surface area (Å²) in [6.45, 7) is 3.24. The van der Waals surface area contributed by atoms with E-state index in [0.29, 0.717) is 16.5 Å². The molecular formula is C15H16N4O2S. The van der Waals surface area contributed by atoms with E-state index in [4.69, 9.17) is 0 Å². The Labute approximate surface area is 132 Å². The van der Waals surface area contributed by atoms with Crippen LogP contribution in [0.5, 0.6) is 0 Å². The highest BCUT2D eigenvalue weighted by Crippen LogP contribution is 2.20. The van der Waals surface area contributed by atoms with E-state index in [0.717, 1.165) is 0 Å². The van der Waals surface area contributed by atoms with Crippen molar-refractivity contribution in [3.8, 4) is 0 Å². The van der Waals surface area contributed by atoms with Crippen LogP contribution in [0.15, 0.2) is 47.9 Å². The summed E-state index contributed by atoms with van der Waals surface area (Å²) >= 11 is 1.29. The SMILES string of the molecule is CC(=O)Nc1ccc(NC(=O)[C@H](C)Sc2ncccn2)cc1. The Morgan fingerprint density at radius 1 is 1.05 bits per heavy atom. The molecule has 0 aliphatic heterocycles. The molecule has 6 nitrogen and oxygen atoms in total. The first-order valence-electron chi connectivity index (χ1n) is 6.67. The van der Waals surface area contributed by atoms with Crippen molar-refractivity contribution in [2.45, 2.75) is 24.3 Å². The van der Waals surface area contributed by atoms with Gasteiger partial charge in [-0.3, -0.25) is 9.59 Å². The van der Waals surface area contributed by atoms with E-state index >= 15 is 0 Å². The Bertz CT molecular complexity index is 646. The van der Waals surface area contributed by atoms with Crippen molar-refractivity contribution in [2.24, 2.45) is 0 Å². The molecule has 22 heavy (non-hydrogen) atoms. The molecule has 0 bridgehead atoms. The van der Waals surface area contributed by atoms with E-state index in [1.165, 1.54) is 18.7 Å². The maximum Gasteiger partial charge on any atom is 0.237 e. The number of amides is 2. The fourth-order valence-corrected chi connectivity index (χ4v) is 2.37. The highest BCUT2D eigenvalue weighted by atomic mass is 32.2. The Morgan fingerprint density at radius 3 is 2.14 bits per heavy atom. The van der Waals surface area contributed by atoms with Crippen molar-refractivity contribution in [3.05, 3.63) is 42.7 Å². The number of carbonyl (C=O) groups excluding carboxylic acids is 2. The van der Waals surface area contributed by atoms with Gasteiger partial charge in [-0.25, -0.2) is 9.97 Å². The minimum Gasteiger partial charge on any atom is -0.326 e. The molecule has 2 aromatic rings. The quantitative estimate of drug-likeness (QED) is 0.654. The minimum atomic E-state index is -0.322. The average Bonchev–Trinajstić information content (AvgIpc) is 2.49. The van der Waals surface area contributed by atoms with Crippen LogP contribution >= 0.6 is 11.8 Å². The number of rotatable bonds is 5. The van der Waals surface area contributed by atoms with Crippen LogP contribution in [0.3, 0.4) is 0 Å². The molecule has 2 rings (SSSR count). The van der Waals surface area contributed by atoms with E-state index in [-0.39, 0.29) is 17.1 Å². The molecule has 0 aliphatic rings. The number of nitrogens with zero attached hydrogens (tertiary/aromatic N) is 2. The number of aromatic nitrogens is 2. The van der Waals surface area contributed by atoms with Crippen molar-refractivity contribution in [1.82, 2.24) is 9.97 Å². The summed E-state index contributed by atoms with van der Waals surface area (Å²) in [4.78, 5) is 31.2. The zero-order valence-electron chi connectivity index (χ0n) is 12.2. The first-order valence-corrected chi connectivity index (χ1v) is 7.55. The summed E-state index contributed by atoms with van der Waals surface area (Å²) in [6, 6.07) is 8.66. The first kappa shape index (κ1) is 16.0. The fourth-order valence-electron chi connectivity index (χ4n) is 1.64. The first-order chi connectivity index (χ1) is 10.5. The summed E-state index contributed by atoms with van der Waals surface area (Å²) in [5, 5.41) is 5.72. The van der Waals surface area contributed by atoms with E-state index in [1.807, 2.05) is 0 Å². The molecule has 7 heteroatoms. The van der Waals surface area contributed by atoms with Gasteiger partial charge in [0.25, 0.3) is 0 Å². The van der Waals surface area contributed by atoms with Crippen LogP contribution < -0.4 is 10.6 Å². The van der Waals surface area contributed by atoms with Gasteiger partial charge in [-0.05, 0) is 37.3 Å². The van der Waals surface area contributed by atoms with Gasteiger partial charge in [-0.2, -0.15) is 0 Å². The molecule has 0 saturated heterocycles. The van der Waals surface area contributed by atoms with Crippen molar-refractivity contribution in [3.63, 3.8) is 0 Å². The van der Waals surface area contributed by atoms with Crippen LogP contribution in [0.1, 0.15) is 13.8 Å². The van der Waals surface area contributed by atoms with E-state index in [2.05, 4.69) is 20.6 Å². The van der Waals surface area contributed by atoms with Gasteiger partial charge in [-0.15, -0.1) is 0 Å². The minimum absolute atomic E-state index is 0.135. The molecule has 1 aromatic heterocycles.